The van der Waals surface area contributed by atoms with Gasteiger partial charge in [0.05, 0.1) is 26.4 Å². The number of rotatable bonds is 27. The summed E-state index contributed by atoms with van der Waals surface area (Å²) in [7, 11) is 3.37. The van der Waals surface area contributed by atoms with Crippen molar-refractivity contribution in [3.05, 3.63) is 291 Å². The van der Waals surface area contributed by atoms with Gasteiger partial charge in [-0.15, -0.1) is 0 Å². The average Bonchev–Trinajstić information content (AvgIpc) is 0.792. The molecule has 0 spiro atoms. The lowest BCUT2D eigenvalue weighted by molar-refractivity contribution is -0.144. The van der Waals surface area contributed by atoms with Crippen molar-refractivity contribution >= 4 is 93.3 Å². The van der Waals surface area contributed by atoms with Crippen molar-refractivity contribution in [1.29, 1.82) is 0 Å². The van der Waals surface area contributed by atoms with Crippen molar-refractivity contribution in [2.24, 2.45) is 0 Å². The number of unbranched alkanes of at least 4 members (excludes halogenated alkanes) is 5. The molecule has 3 heterocycles. The molecule has 132 heavy (non-hydrogen) atoms. The van der Waals surface area contributed by atoms with Crippen LogP contribution >= 0.6 is 0 Å². The number of carbonyl (C=O) groups excluding carboxylic acids is 16. The lowest BCUT2D eigenvalue weighted by Gasteiger charge is -2.28. The van der Waals surface area contributed by atoms with Gasteiger partial charge in [0.15, 0.2) is 57.8 Å². The number of likely N-dealkylation sites (N-methyl/N-ethyl adjacent to an activating group) is 2. The third-order valence-corrected chi connectivity index (χ3v) is 24.6. The Morgan fingerprint density at radius 1 is 0.303 bits per heavy atom. The van der Waals surface area contributed by atoms with Gasteiger partial charge < -0.3 is 29.1 Å². The summed E-state index contributed by atoms with van der Waals surface area (Å²) < 4.78 is 10.7. The molecule has 13 rings (SSSR count). The van der Waals surface area contributed by atoms with E-state index >= 15 is 0 Å². The number of Topliss-reactive ketones (excluding diaryl/α,β-unsaturated/α-hetero) is 10. The molecule has 3 fully saturated rings. The van der Waals surface area contributed by atoms with E-state index < -0.39 is 0 Å². The van der Waals surface area contributed by atoms with Crippen LogP contribution in [0.1, 0.15) is 302 Å². The molecule has 5 aromatic carbocycles. The van der Waals surface area contributed by atoms with Crippen LogP contribution in [0.5, 0.6) is 0 Å². The van der Waals surface area contributed by atoms with E-state index in [1.807, 2.05) is 27.7 Å². The number of imide groups is 1. The van der Waals surface area contributed by atoms with Crippen LogP contribution in [0, 0.1) is 0 Å². The van der Waals surface area contributed by atoms with Crippen LogP contribution in [0.15, 0.2) is 235 Å². The summed E-state index contributed by atoms with van der Waals surface area (Å²) in [6.07, 6.45) is 21.8. The van der Waals surface area contributed by atoms with Gasteiger partial charge in [-0.2, -0.15) is 0 Å². The van der Waals surface area contributed by atoms with Crippen molar-refractivity contribution in [2.75, 3.05) is 86.3 Å². The van der Waals surface area contributed by atoms with Gasteiger partial charge in [-0.05, 0) is 156 Å². The minimum Gasteiger partial charge on any atom is -0.378 e. The normalized spacial score (nSPS) is 16.7. The van der Waals surface area contributed by atoms with Gasteiger partial charge in [-0.3, -0.25) is 81.6 Å². The molecule has 0 aromatic heterocycles. The van der Waals surface area contributed by atoms with Crippen LogP contribution in [-0.4, -0.2) is 204 Å². The number of likely N-dealkylation sites (tertiary alicyclic amines) is 1. The Morgan fingerprint density at radius 3 is 0.765 bits per heavy atom. The molecule has 8 aliphatic rings. The number of nitrogens with zero attached hydrogens (tertiary/aromatic N) is 5. The molecule has 23 nitrogen and oxygen atoms in total. The quantitative estimate of drug-likeness (QED) is 0.0441. The van der Waals surface area contributed by atoms with Crippen LogP contribution in [0.2, 0.25) is 0 Å². The Bertz CT molecular complexity index is 5570. The molecule has 23 heteroatoms. The van der Waals surface area contributed by atoms with E-state index in [2.05, 4.69) is 20.8 Å². The van der Waals surface area contributed by atoms with E-state index in [0.29, 0.717) is 244 Å². The fourth-order valence-corrected chi connectivity index (χ4v) is 16.5. The first kappa shape index (κ1) is 103. The molecule has 0 N–H and O–H groups in total. The van der Waals surface area contributed by atoms with E-state index in [1.54, 1.807) is 215 Å². The van der Waals surface area contributed by atoms with Crippen molar-refractivity contribution in [1.82, 2.24) is 24.5 Å². The summed E-state index contributed by atoms with van der Waals surface area (Å²) in [5.74, 6) is -2.59. The lowest BCUT2D eigenvalue weighted by atomic mass is 9.83. The zero-order chi connectivity index (χ0) is 96.2. The molecule has 694 valence electrons. The molecule has 5 aromatic rings. The van der Waals surface area contributed by atoms with Gasteiger partial charge in [0.25, 0.3) is 5.91 Å². The Hall–Kier alpha value is -12.9. The number of amides is 6. The number of fused-ring (bicyclic) bond motifs is 5. The third kappa shape index (κ3) is 24.7. The maximum atomic E-state index is 13.0. The van der Waals surface area contributed by atoms with Gasteiger partial charge in [0.1, 0.15) is 0 Å². The number of hydrogen-bond donors (Lipinski definition) is 0. The predicted molar refractivity (Wildman–Crippen MR) is 509 cm³/mol. The van der Waals surface area contributed by atoms with Crippen LogP contribution in [0.25, 0.3) is 0 Å². The first-order valence-corrected chi connectivity index (χ1v) is 46.5. The van der Waals surface area contributed by atoms with E-state index in [4.69, 9.17) is 9.47 Å². The Balaban J connectivity index is 0.000000186. The van der Waals surface area contributed by atoms with Crippen LogP contribution in [-0.2, 0) is 38.2 Å². The number of carbonyl (C=O) groups is 16. The fourth-order valence-electron chi connectivity index (χ4n) is 16.5. The summed E-state index contributed by atoms with van der Waals surface area (Å²) in [5.41, 5.74) is 10.5. The second-order valence-corrected chi connectivity index (χ2v) is 33.9. The molecule has 0 unspecified atom stereocenters. The molecule has 0 bridgehead atoms. The van der Waals surface area contributed by atoms with Gasteiger partial charge >= 0.3 is 0 Å². The zero-order valence-electron chi connectivity index (χ0n) is 79.0. The number of benzene rings is 5. The standard InChI is InChI=1S/C23H25NO4.2C22H25NO4.C22H27NO3.C20H23NO3/c1-3-4-9-16(23(28)24-13-8-7-12-20(24)25)14-19-15(2)21(26)17-10-5-6-11-18(17)22(19)27;2*1-3-4-7-16(22(26)23-10-12-27-13-11-23)14-19-15(2)20(24)17-8-5-6-9-18(17)21(19)25;1-5-8-11-16(22(26)23(6-2)7-3)14-19-15(4)20(24)17-12-9-10-13-18(17)21(19)25;1-5-6-9-14(20(24)21(3)4)12-17-13(2)18(22)15-10-7-8-11-16(15)19(17)23/h5-6,10-11,14H,3-4,7-9,12-13H2,1-2H3;2*5-6,8-9,14H,3-4,7,10-13H2,1-2H3;9-10,12-14H,5-8,11H2,1-4H3;7-8,10-12H,5-6,9H2,1-4H3/b;16-14+;16-14-;;. The maximum Gasteiger partial charge on any atom is 0.256 e. The molecule has 3 saturated heterocycles. The summed E-state index contributed by atoms with van der Waals surface area (Å²) in [4.78, 5) is 213. The molecule has 0 saturated carbocycles. The highest BCUT2D eigenvalue weighted by Gasteiger charge is 2.37. The second-order valence-electron chi connectivity index (χ2n) is 33.9. The summed E-state index contributed by atoms with van der Waals surface area (Å²) in [5, 5.41) is 0. The fraction of sp³-hybridized carbons (Fsp3) is 0.394. The smallest absolute Gasteiger partial charge is 0.256 e. The molecule has 0 radical (unpaired) electrons. The zero-order valence-corrected chi connectivity index (χ0v) is 79.0. The van der Waals surface area contributed by atoms with Crippen LogP contribution in [0.3, 0.4) is 0 Å². The van der Waals surface area contributed by atoms with Crippen molar-refractivity contribution in [3.63, 3.8) is 0 Å². The number of ether oxygens (including phenoxy) is 2. The molecule has 5 aliphatic carbocycles. The highest BCUT2D eigenvalue weighted by atomic mass is 16.5. The summed E-state index contributed by atoms with van der Waals surface area (Å²) in [6, 6.07) is 34.2. The molecule has 3 aliphatic heterocycles. The Labute approximate surface area is 775 Å². The minimum absolute atomic E-state index is 0.0529. The number of piperidine rings is 1. The minimum atomic E-state index is -0.336. The Morgan fingerprint density at radius 2 is 0.530 bits per heavy atom. The number of allylic oxidation sites excluding steroid dienone is 15. The lowest BCUT2D eigenvalue weighted by Crippen LogP contribution is -2.41. The average molecular weight is 1790 g/mol. The van der Waals surface area contributed by atoms with Gasteiger partial charge in [-0.25, -0.2) is 0 Å². The van der Waals surface area contributed by atoms with Crippen LogP contribution in [0.4, 0.5) is 0 Å². The molecule has 0 atom stereocenters. The first-order valence-electron chi connectivity index (χ1n) is 46.5. The number of morpholine rings is 2. The summed E-state index contributed by atoms with van der Waals surface area (Å²) in [6.45, 7) is 28.4. The van der Waals surface area contributed by atoms with Gasteiger partial charge in [0.2, 0.25) is 29.5 Å². The van der Waals surface area contributed by atoms with Crippen LogP contribution < -0.4 is 0 Å². The highest BCUT2D eigenvalue weighted by Crippen LogP contribution is 2.36. The molecule has 6 amide bonds. The van der Waals surface area contributed by atoms with Gasteiger partial charge in [-0.1, -0.05) is 188 Å². The van der Waals surface area contributed by atoms with E-state index in [1.165, 1.54) is 9.80 Å². The third-order valence-electron chi connectivity index (χ3n) is 24.6. The van der Waals surface area contributed by atoms with Gasteiger partial charge in [0, 0.05) is 206 Å². The first-order chi connectivity index (χ1) is 63.4. The van der Waals surface area contributed by atoms with Crippen molar-refractivity contribution < 1.29 is 86.2 Å². The van der Waals surface area contributed by atoms with Crippen molar-refractivity contribution in [3.8, 4) is 0 Å². The van der Waals surface area contributed by atoms with E-state index in [-0.39, 0.29) is 98.8 Å². The van der Waals surface area contributed by atoms with E-state index in [9.17, 15) is 76.7 Å². The monoisotopic (exact) mass is 1790 g/mol. The number of hydrogen-bond acceptors (Lipinski definition) is 18. The largest absolute Gasteiger partial charge is 0.378 e. The highest BCUT2D eigenvalue weighted by molar-refractivity contribution is 6.32. The van der Waals surface area contributed by atoms with E-state index in [0.717, 1.165) is 77.0 Å². The topological polar surface area (TPSA) is 308 Å². The second kappa shape index (κ2) is 49.4. The summed E-state index contributed by atoms with van der Waals surface area (Å²) >= 11 is 0. The maximum absolute atomic E-state index is 13.0. The Kier molecular flexibility index (Phi) is 38.5. The van der Waals surface area contributed by atoms with Crippen molar-refractivity contribution in [2.45, 2.75) is 199 Å². The SMILES string of the molecule is CCCC/C(=C/C1=C(C)C(=O)c2ccccc2C1=O)C(=O)N1CCOCC1.CCCC/C(=C\C1=C(C)C(=O)c2ccccc2C1=O)C(=O)N1CCOCC1.CCCCC(=CC1=C(C)C(=O)c2ccccc2C1=O)C(=O)N(C)C.CCCCC(=CC1=C(C)C(=O)c2ccccc2C1=O)C(=O)N(CC)CC.CCCCC(=CC1=C(C)C(=O)c2ccccc2C1=O)C(=O)N1CCCCC1=O. The number of ketones is 10. The molecular formula is C109H125N5O18. The predicted octanol–water partition coefficient (Wildman–Crippen LogP) is 18.7. The molecular weight excluding hydrogens is 1670 g/mol.